The van der Waals surface area contributed by atoms with Gasteiger partial charge in [0.2, 0.25) is 0 Å². The van der Waals surface area contributed by atoms with Crippen LogP contribution in [0.5, 0.6) is 11.5 Å². The van der Waals surface area contributed by atoms with Gasteiger partial charge in [0.15, 0.2) is 11.5 Å². The van der Waals surface area contributed by atoms with E-state index in [0.717, 1.165) is 0 Å². The van der Waals surface area contributed by atoms with Crippen molar-refractivity contribution < 1.29 is 14.6 Å². The normalized spacial score (nSPS) is 12.3. The van der Waals surface area contributed by atoms with E-state index in [4.69, 9.17) is 15.2 Å². The highest BCUT2D eigenvalue weighted by Gasteiger charge is 2.15. The summed E-state index contributed by atoms with van der Waals surface area (Å²) in [6.07, 6.45) is -0.722. The van der Waals surface area contributed by atoms with Gasteiger partial charge in [-0.1, -0.05) is 12.1 Å². The van der Waals surface area contributed by atoms with E-state index in [1.165, 1.54) is 7.11 Å². The molecule has 0 fully saturated rings. The first kappa shape index (κ1) is 10.8. The molecule has 4 heteroatoms. The topological polar surface area (TPSA) is 64.7 Å². The van der Waals surface area contributed by atoms with Crippen molar-refractivity contribution in [2.75, 3.05) is 20.8 Å². The quantitative estimate of drug-likeness (QED) is 0.745. The van der Waals surface area contributed by atoms with Gasteiger partial charge in [-0.25, -0.2) is 0 Å². The van der Waals surface area contributed by atoms with E-state index in [1.807, 2.05) is 0 Å². The van der Waals surface area contributed by atoms with E-state index in [2.05, 4.69) is 0 Å². The average Bonchev–Trinajstić information content (AvgIpc) is 2.26. The predicted molar refractivity (Wildman–Crippen MR) is 53.6 cm³/mol. The van der Waals surface area contributed by atoms with E-state index >= 15 is 0 Å². The predicted octanol–water partition coefficient (Wildman–Crippen LogP) is 0.696. The van der Waals surface area contributed by atoms with Crippen LogP contribution in [0.25, 0.3) is 0 Å². The number of ether oxygens (including phenoxy) is 2. The number of hydrogen-bond donors (Lipinski definition) is 2. The van der Waals surface area contributed by atoms with Crippen molar-refractivity contribution in [1.82, 2.24) is 0 Å². The number of aliphatic hydroxyl groups excluding tert-OH is 1. The number of para-hydroxylation sites is 1. The number of methoxy groups -OCH3 is 2. The molecule has 0 aliphatic heterocycles. The second kappa shape index (κ2) is 4.83. The molecule has 0 saturated carbocycles. The monoisotopic (exact) mass is 197 g/mol. The summed E-state index contributed by atoms with van der Waals surface area (Å²) in [6, 6.07) is 5.32. The van der Waals surface area contributed by atoms with Gasteiger partial charge in [0, 0.05) is 12.1 Å². The first-order valence-corrected chi connectivity index (χ1v) is 4.33. The van der Waals surface area contributed by atoms with E-state index in [0.29, 0.717) is 17.1 Å². The molecule has 1 aromatic rings. The molecule has 0 unspecified atom stereocenters. The highest BCUT2D eigenvalue weighted by Crippen LogP contribution is 2.33. The van der Waals surface area contributed by atoms with Gasteiger partial charge in [0.1, 0.15) is 0 Å². The van der Waals surface area contributed by atoms with Gasteiger partial charge in [0.05, 0.1) is 20.3 Å². The molecule has 0 radical (unpaired) electrons. The van der Waals surface area contributed by atoms with Gasteiger partial charge in [-0.15, -0.1) is 0 Å². The standard InChI is InChI=1S/C10H15NO3/c1-13-9-5-3-4-7(8(12)6-11)10(9)14-2/h3-5,8,12H,6,11H2,1-2H3/t8-/m0/s1. The van der Waals surface area contributed by atoms with Crippen molar-refractivity contribution in [3.63, 3.8) is 0 Å². The number of benzene rings is 1. The summed E-state index contributed by atoms with van der Waals surface area (Å²) in [5.41, 5.74) is 6.02. The lowest BCUT2D eigenvalue weighted by molar-refractivity contribution is 0.181. The Bertz CT molecular complexity index is 301. The van der Waals surface area contributed by atoms with Crippen LogP contribution in [0.4, 0.5) is 0 Å². The Morgan fingerprint density at radius 3 is 2.57 bits per heavy atom. The largest absolute Gasteiger partial charge is 0.493 e. The number of rotatable bonds is 4. The van der Waals surface area contributed by atoms with Crippen LogP contribution in [0.2, 0.25) is 0 Å². The summed E-state index contributed by atoms with van der Waals surface area (Å²) in [4.78, 5) is 0. The Labute approximate surface area is 83.3 Å². The minimum Gasteiger partial charge on any atom is -0.493 e. The molecule has 0 heterocycles. The molecule has 3 N–H and O–H groups in total. The first-order valence-electron chi connectivity index (χ1n) is 4.33. The van der Waals surface area contributed by atoms with Crippen LogP contribution in [0.1, 0.15) is 11.7 Å². The fourth-order valence-corrected chi connectivity index (χ4v) is 1.30. The molecule has 14 heavy (non-hydrogen) atoms. The van der Waals surface area contributed by atoms with Crippen LogP contribution >= 0.6 is 0 Å². The van der Waals surface area contributed by atoms with Crippen LogP contribution in [0, 0.1) is 0 Å². The van der Waals surface area contributed by atoms with Gasteiger partial charge in [-0.3, -0.25) is 0 Å². The summed E-state index contributed by atoms with van der Waals surface area (Å²) in [5.74, 6) is 1.13. The third-order valence-corrected chi connectivity index (χ3v) is 2.02. The lowest BCUT2D eigenvalue weighted by Gasteiger charge is -2.15. The third kappa shape index (κ3) is 1.97. The molecule has 0 aromatic heterocycles. The lowest BCUT2D eigenvalue weighted by atomic mass is 10.1. The second-order valence-corrected chi connectivity index (χ2v) is 2.83. The Balaban J connectivity index is 3.14. The van der Waals surface area contributed by atoms with Crippen LogP contribution in [0.3, 0.4) is 0 Å². The van der Waals surface area contributed by atoms with E-state index in [-0.39, 0.29) is 6.54 Å². The van der Waals surface area contributed by atoms with Gasteiger partial charge in [-0.05, 0) is 6.07 Å². The Morgan fingerprint density at radius 2 is 2.07 bits per heavy atom. The highest BCUT2D eigenvalue weighted by molar-refractivity contribution is 5.47. The van der Waals surface area contributed by atoms with Gasteiger partial charge < -0.3 is 20.3 Å². The molecular weight excluding hydrogens is 182 g/mol. The fourth-order valence-electron chi connectivity index (χ4n) is 1.30. The molecule has 0 spiro atoms. The van der Waals surface area contributed by atoms with Gasteiger partial charge in [0.25, 0.3) is 0 Å². The smallest absolute Gasteiger partial charge is 0.166 e. The minimum atomic E-state index is -0.722. The van der Waals surface area contributed by atoms with Crippen LogP contribution in [-0.4, -0.2) is 25.9 Å². The zero-order valence-electron chi connectivity index (χ0n) is 8.36. The van der Waals surface area contributed by atoms with E-state index in [1.54, 1.807) is 25.3 Å². The molecule has 1 atom stereocenters. The molecule has 4 nitrogen and oxygen atoms in total. The molecule has 78 valence electrons. The van der Waals surface area contributed by atoms with Crippen molar-refractivity contribution in [2.24, 2.45) is 5.73 Å². The second-order valence-electron chi connectivity index (χ2n) is 2.83. The van der Waals surface area contributed by atoms with E-state index in [9.17, 15) is 5.11 Å². The van der Waals surface area contributed by atoms with Crippen LogP contribution in [0.15, 0.2) is 18.2 Å². The zero-order valence-corrected chi connectivity index (χ0v) is 8.36. The van der Waals surface area contributed by atoms with Crippen molar-refractivity contribution in [2.45, 2.75) is 6.10 Å². The summed E-state index contributed by atoms with van der Waals surface area (Å²) in [5, 5.41) is 9.60. The molecule has 0 aliphatic carbocycles. The third-order valence-electron chi connectivity index (χ3n) is 2.02. The fraction of sp³-hybridized carbons (Fsp3) is 0.400. The maximum Gasteiger partial charge on any atom is 0.166 e. The van der Waals surface area contributed by atoms with Crippen LogP contribution < -0.4 is 15.2 Å². The van der Waals surface area contributed by atoms with E-state index < -0.39 is 6.10 Å². The molecule has 0 saturated heterocycles. The Morgan fingerprint density at radius 1 is 1.36 bits per heavy atom. The molecule has 0 amide bonds. The van der Waals surface area contributed by atoms with Crippen molar-refractivity contribution in [3.8, 4) is 11.5 Å². The number of hydrogen-bond acceptors (Lipinski definition) is 4. The summed E-state index contributed by atoms with van der Waals surface area (Å²) < 4.78 is 10.2. The maximum absolute atomic E-state index is 9.60. The van der Waals surface area contributed by atoms with Gasteiger partial charge in [-0.2, -0.15) is 0 Å². The van der Waals surface area contributed by atoms with Crippen molar-refractivity contribution >= 4 is 0 Å². The summed E-state index contributed by atoms with van der Waals surface area (Å²) in [7, 11) is 3.08. The van der Waals surface area contributed by atoms with Gasteiger partial charge >= 0.3 is 0 Å². The highest BCUT2D eigenvalue weighted by atomic mass is 16.5. The number of aliphatic hydroxyl groups is 1. The Kier molecular flexibility index (Phi) is 3.73. The van der Waals surface area contributed by atoms with Crippen LogP contribution in [-0.2, 0) is 0 Å². The SMILES string of the molecule is COc1cccc([C@@H](O)CN)c1OC. The van der Waals surface area contributed by atoms with Crippen molar-refractivity contribution in [1.29, 1.82) is 0 Å². The first-order chi connectivity index (χ1) is 6.74. The molecule has 0 bridgehead atoms. The number of nitrogens with two attached hydrogens (primary N) is 1. The maximum atomic E-state index is 9.60. The molecule has 0 aliphatic rings. The molecule has 1 rings (SSSR count). The molecular formula is C10H15NO3. The minimum absolute atomic E-state index is 0.156. The average molecular weight is 197 g/mol. The summed E-state index contributed by atoms with van der Waals surface area (Å²) in [6.45, 7) is 0.156. The zero-order chi connectivity index (χ0) is 10.6. The summed E-state index contributed by atoms with van der Waals surface area (Å²) >= 11 is 0. The van der Waals surface area contributed by atoms with Crippen molar-refractivity contribution in [3.05, 3.63) is 23.8 Å². The lowest BCUT2D eigenvalue weighted by Crippen LogP contribution is -2.12. The Hall–Kier alpha value is -1.26. The molecule has 1 aromatic carbocycles.